The Morgan fingerprint density at radius 3 is 3.00 bits per heavy atom. The molecule has 1 aliphatic rings. The molecule has 1 aliphatic heterocycles. The van der Waals surface area contributed by atoms with E-state index in [1.807, 2.05) is 0 Å². The molecule has 0 aliphatic carbocycles. The largest absolute Gasteiger partial charge is 0.395 e. The molecule has 0 radical (unpaired) electrons. The van der Waals surface area contributed by atoms with E-state index >= 15 is 0 Å². The highest BCUT2D eigenvalue weighted by atomic mass is 32.2. The number of hydrazine groups is 1. The lowest BCUT2D eigenvalue weighted by Crippen LogP contribution is -2.45. The fourth-order valence-electron chi connectivity index (χ4n) is 2.31. The number of hydrogen-bond donors (Lipinski definition) is 3. The van der Waals surface area contributed by atoms with Crippen molar-refractivity contribution in [1.29, 1.82) is 0 Å². The van der Waals surface area contributed by atoms with Gasteiger partial charge in [-0.15, -0.1) is 0 Å². The SMILES string of the molecule is NNc1ncccc1S(=O)(=O)N1CCCCC1CO. The van der Waals surface area contributed by atoms with Crippen molar-refractivity contribution in [2.45, 2.75) is 30.2 Å². The molecule has 19 heavy (non-hydrogen) atoms. The van der Waals surface area contributed by atoms with Crippen LogP contribution in [-0.2, 0) is 10.0 Å². The van der Waals surface area contributed by atoms with Gasteiger partial charge in [-0.25, -0.2) is 19.2 Å². The van der Waals surface area contributed by atoms with Gasteiger partial charge < -0.3 is 10.5 Å². The van der Waals surface area contributed by atoms with Crippen LogP contribution in [0.4, 0.5) is 5.82 Å². The fraction of sp³-hybridized carbons (Fsp3) is 0.545. The number of rotatable bonds is 4. The van der Waals surface area contributed by atoms with Crippen molar-refractivity contribution < 1.29 is 13.5 Å². The fourth-order valence-corrected chi connectivity index (χ4v) is 4.10. The van der Waals surface area contributed by atoms with E-state index in [1.165, 1.54) is 16.6 Å². The van der Waals surface area contributed by atoms with Gasteiger partial charge in [0.1, 0.15) is 4.90 Å². The summed E-state index contributed by atoms with van der Waals surface area (Å²) in [4.78, 5) is 3.94. The van der Waals surface area contributed by atoms with Crippen molar-refractivity contribution >= 4 is 15.8 Å². The van der Waals surface area contributed by atoms with Crippen molar-refractivity contribution in [2.75, 3.05) is 18.6 Å². The number of nitrogen functional groups attached to an aromatic ring is 1. The van der Waals surface area contributed by atoms with E-state index in [1.54, 1.807) is 6.07 Å². The smallest absolute Gasteiger partial charge is 0.247 e. The summed E-state index contributed by atoms with van der Waals surface area (Å²) in [5.41, 5.74) is 2.29. The molecule has 0 amide bonds. The number of anilines is 1. The number of nitrogens with two attached hydrogens (primary N) is 1. The minimum absolute atomic E-state index is 0.0397. The zero-order valence-corrected chi connectivity index (χ0v) is 11.3. The van der Waals surface area contributed by atoms with Crippen LogP contribution in [-0.4, -0.2) is 42.0 Å². The van der Waals surface area contributed by atoms with Crippen LogP contribution in [0.1, 0.15) is 19.3 Å². The number of sulfonamides is 1. The number of aromatic nitrogens is 1. The number of nitrogens with zero attached hydrogens (tertiary/aromatic N) is 2. The number of aliphatic hydroxyl groups excluding tert-OH is 1. The van der Waals surface area contributed by atoms with E-state index in [0.29, 0.717) is 13.0 Å². The Labute approximate surface area is 112 Å². The normalized spacial score (nSPS) is 21.3. The van der Waals surface area contributed by atoms with Gasteiger partial charge in [-0.3, -0.25) is 0 Å². The molecule has 1 aromatic heterocycles. The summed E-state index contributed by atoms with van der Waals surface area (Å²) in [6.07, 6.45) is 3.85. The zero-order valence-electron chi connectivity index (χ0n) is 10.5. The highest BCUT2D eigenvalue weighted by Gasteiger charge is 2.34. The van der Waals surface area contributed by atoms with Crippen molar-refractivity contribution in [3.63, 3.8) is 0 Å². The second-order valence-electron chi connectivity index (χ2n) is 4.44. The van der Waals surface area contributed by atoms with Crippen LogP contribution in [0.25, 0.3) is 0 Å². The molecule has 0 spiro atoms. The number of pyridine rings is 1. The van der Waals surface area contributed by atoms with Crippen LogP contribution in [0.2, 0.25) is 0 Å². The number of nitrogens with one attached hydrogen (secondary N) is 1. The Hall–Kier alpha value is -1.22. The lowest BCUT2D eigenvalue weighted by Gasteiger charge is -2.33. The molecule has 1 fully saturated rings. The molecule has 2 heterocycles. The molecule has 1 saturated heterocycles. The van der Waals surface area contributed by atoms with E-state index < -0.39 is 10.0 Å². The van der Waals surface area contributed by atoms with Crippen LogP contribution >= 0.6 is 0 Å². The standard InChI is InChI=1S/C11H18N4O3S/c12-14-11-10(5-3-6-13-11)19(17,18)15-7-2-1-4-9(15)8-16/h3,5-6,9,16H,1-2,4,7-8,12H2,(H,13,14). The highest BCUT2D eigenvalue weighted by molar-refractivity contribution is 7.89. The molecule has 106 valence electrons. The lowest BCUT2D eigenvalue weighted by molar-refractivity contribution is 0.155. The van der Waals surface area contributed by atoms with Gasteiger partial charge in [0, 0.05) is 18.8 Å². The van der Waals surface area contributed by atoms with Gasteiger partial charge in [0.2, 0.25) is 10.0 Å². The van der Waals surface area contributed by atoms with E-state index in [9.17, 15) is 13.5 Å². The molecule has 0 aromatic carbocycles. The first-order chi connectivity index (χ1) is 9.11. The predicted molar refractivity (Wildman–Crippen MR) is 70.7 cm³/mol. The van der Waals surface area contributed by atoms with Crippen molar-refractivity contribution in [3.05, 3.63) is 18.3 Å². The third-order valence-corrected chi connectivity index (χ3v) is 5.26. The average molecular weight is 286 g/mol. The maximum absolute atomic E-state index is 12.6. The van der Waals surface area contributed by atoms with E-state index in [-0.39, 0.29) is 23.4 Å². The first kappa shape index (κ1) is 14.2. The van der Waals surface area contributed by atoms with Gasteiger partial charge in [-0.1, -0.05) is 6.42 Å². The molecule has 0 bridgehead atoms. The minimum Gasteiger partial charge on any atom is -0.395 e. The Bertz CT molecular complexity index is 534. The molecular formula is C11H18N4O3S. The summed E-state index contributed by atoms with van der Waals surface area (Å²) in [5, 5.41) is 9.34. The molecule has 7 nitrogen and oxygen atoms in total. The van der Waals surface area contributed by atoms with Crippen molar-refractivity contribution in [2.24, 2.45) is 5.84 Å². The van der Waals surface area contributed by atoms with E-state index in [4.69, 9.17) is 5.84 Å². The van der Waals surface area contributed by atoms with Gasteiger partial charge >= 0.3 is 0 Å². The van der Waals surface area contributed by atoms with Crippen LogP contribution < -0.4 is 11.3 Å². The molecule has 1 aromatic rings. The molecule has 4 N–H and O–H groups in total. The summed E-state index contributed by atoms with van der Waals surface area (Å²) >= 11 is 0. The van der Waals surface area contributed by atoms with Gasteiger partial charge in [0.05, 0.1) is 6.61 Å². The first-order valence-electron chi connectivity index (χ1n) is 6.15. The summed E-state index contributed by atoms with van der Waals surface area (Å²) in [6, 6.07) is 2.64. The van der Waals surface area contributed by atoms with Gasteiger partial charge in [-0.2, -0.15) is 4.31 Å². The maximum atomic E-state index is 12.6. The summed E-state index contributed by atoms with van der Waals surface area (Å²) in [6.45, 7) is 0.233. The average Bonchev–Trinajstić information content (AvgIpc) is 2.47. The van der Waals surface area contributed by atoms with Gasteiger partial charge in [-0.05, 0) is 25.0 Å². The Morgan fingerprint density at radius 2 is 2.32 bits per heavy atom. The van der Waals surface area contributed by atoms with Crippen molar-refractivity contribution in [1.82, 2.24) is 9.29 Å². The lowest BCUT2D eigenvalue weighted by atomic mass is 10.1. The number of aliphatic hydroxyl groups is 1. The maximum Gasteiger partial charge on any atom is 0.247 e. The third kappa shape index (κ3) is 2.71. The molecular weight excluding hydrogens is 268 g/mol. The van der Waals surface area contributed by atoms with E-state index in [0.717, 1.165) is 12.8 Å². The third-order valence-electron chi connectivity index (χ3n) is 3.28. The van der Waals surface area contributed by atoms with E-state index in [2.05, 4.69) is 10.4 Å². The zero-order chi connectivity index (χ0) is 13.9. The van der Waals surface area contributed by atoms with Crippen LogP contribution in [0.5, 0.6) is 0 Å². The summed E-state index contributed by atoms with van der Waals surface area (Å²) in [7, 11) is -3.70. The summed E-state index contributed by atoms with van der Waals surface area (Å²) in [5.74, 6) is 5.41. The number of piperidine rings is 1. The topological polar surface area (TPSA) is 109 Å². The molecule has 1 atom stereocenters. The summed E-state index contributed by atoms with van der Waals surface area (Å²) < 4.78 is 26.6. The Balaban J connectivity index is 2.40. The quantitative estimate of drug-likeness (QED) is 0.527. The van der Waals surface area contributed by atoms with Crippen LogP contribution in [0.3, 0.4) is 0 Å². The minimum atomic E-state index is -3.70. The first-order valence-corrected chi connectivity index (χ1v) is 7.59. The Kier molecular flexibility index (Phi) is 4.35. The molecule has 0 saturated carbocycles. The van der Waals surface area contributed by atoms with Crippen LogP contribution in [0, 0.1) is 0 Å². The molecule has 2 rings (SSSR count). The highest BCUT2D eigenvalue weighted by Crippen LogP contribution is 2.27. The van der Waals surface area contributed by atoms with Gasteiger partial charge in [0.25, 0.3) is 0 Å². The second kappa shape index (κ2) is 5.83. The molecule has 8 heteroatoms. The molecule has 1 unspecified atom stereocenters. The predicted octanol–water partition coefficient (Wildman–Crippen LogP) is -0.0973. The van der Waals surface area contributed by atoms with Gasteiger partial charge in [0.15, 0.2) is 5.82 Å². The Morgan fingerprint density at radius 1 is 1.53 bits per heavy atom. The van der Waals surface area contributed by atoms with Crippen molar-refractivity contribution in [3.8, 4) is 0 Å². The van der Waals surface area contributed by atoms with Crippen LogP contribution in [0.15, 0.2) is 23.2 Å². The number of hydrogen-bond acceptors (Lipinski definition) is 6. The monoisotopic (exact) mass is 286 g/mol. The second-order valence-corrected chi connectivity index (χ2v) is 6.30.